The third kappa shape index (κ3) is 4.81. The lowest BCUT2D eigenvalue weighted by atomic mass is 10.1. The molecule has 0 unspecified atom stereocenters. The molecule has 0 aromatic heterocycles. The van der Waals surface area contributed by atoms with Crippen molar-refractivity contribution < 1.29 is 9.59 Å². The Bertz CT molecular complexity index is 819. The number of hydrogen-bond acceptors (Lipinski definition) is 3. The Morgan fingerprint density at radius 1 is 1.00 bits per heavy atom. The zero-order valence-corrected chi connectivity index (χ0v) is 14.6. The quantitative estimate of drug-likeness (QED) is 0.495. The molecule has 0 fully saturated rings. The average Bonchev–Trinajstić information content (AvgIpc) is 2.53. The van der Waals surface area contributed by atoms with Crippen molar-refractivity contribution in [1.29, 1.82) is 0 Å². The van der Waals surface area contributed by atoms with Crippen molar-refractivity contribution in [3.8, 4) is 0 Å². The Hall–Kier alpha value is -2.37. The Balaban J connectivity index is 1.95. The average molecular weight is 364 g/mol. The van der Waals surface area contributed by atoms with Gasteiger partial charge in [0, 0.05) is 16.3 Å². The summed E-state index contributed by atoms with van der Waals surface area (Å²) in [6.07, 6.45) is 1.33. The molecule has 0 aliphatic heterocycles. The van der Waals surface area contributed by atoms with E-state index in [1.54, 1.807) is 30.3 Å². The minimum Gasteiger partial charge on any atom is -0.318 e. The summed E-state index contributed by atoms with van der Waals surface area (Å²) in [5.74, 6) is -1.69. The molecule has 2 aromatic rings. The monoisotopic (exact) mass is 363 g/mol. The van der Waals surface area contributed by atoms with Gasteiger partial charge in [-0.15, -0.1) is 0 Å². The van der Waals surface area contributed by atoms with Gasteiger partial charge in [-0.2, -0.15) is 5.10 Å². The molecule has 7 heteroatoms. The summed E-state index contributed by atoms with van der Waals surface area (Å²) in [6.45, 7) is 3.88. The van der Waals surface area contributed by atoms with Crippen LogP contribution in [0.3, 0.4) is 0 Å². The molecule has 0 aliphatic carbocycles. The molecule has 2 aromatic carbocycles. The fourth-order valence-electron chi connectivity index (χ4n) is 1.82. The molecule has 0 radical (unpaired) electrons. The maximum atomic E-state index is 11.8. The number of nitrogens with one attached hydrogen (secondary N) is 2. The number of rotatable bonds is 3. The molecule has 5 nitrogen and oxygen atoms in total. The molecule has 0 saturated heterocycles. The van der Waals surface area contributed by atoms with Crippen LogP contribution in [0.4, 0.5) is 5.69 Å². The van der Waals surface area contributed by atoms with Gasteiger partial charge < -0.3 is 5.32 Å². The first-order valence-corrected chi connectivity index (χ1v) is 7.79. The highest BCUT2D eigenvalue weighted by Crippen LogP contribution is 2.19. The molecule has 0 spiro atoms. The van der Waals surface area contributed by atoms with Crippen molar-refractivity contribution in [2.24, 2.45) is 5.10 Å². The first kappa shape index (κ1) is 18.0. The zero-order chi connectivity index (χ0) is 17.7. The van der Waals surface area contributed by atoms with Crippen LogP contribution < -0.4 is 10.7 Å². The SMILES string of the molecule is Cc1ccc(NC(=O)C(=O)NN=Cc2ccc(Cl)cc2Cl)cc1C. The topological polar surface area (TPSA) is 70.6 Å². The van der Waals surface area contributed by atoms with E-state index in [0.717, 1.165) is 11.1 Å². The number of anilines is 1. The number of hydrogen-bond donors (Lipinski definition) is 2. The third-order valence-corrected chi connectivity index (χ3v) is 3.87. The van der Waals surface area contributed by atoms with Gasteiger partial charge in [-0.1, -0.05) is 35.3 Å². The molecule has 0 bridgehead atoms. The summed E-state index contributed by atoms with van der Waals surface area (Å²) in [5, 5.41) is 7.11. The van der Waals surface area contributed by atoms with Crippen molar-refractivity contribution in [3.63, 3.8) is 0 Å². The number of benzene rings is 2. The Morgan fingerprint density at radius 3 is 2.42 bits per heavy atom. The molecule has 0 atom stereocenters. The van der Waals surface area contributed by atoms with Gasteiger partial charge in [-0.05, 0) is 49.2 Å². The predicted molar refractivity (Wildman–Crippen MR) is 96.7 cm³/mol. The third-order valence-electron chi connectivity index (χ3n) is 3.30. The maximum absolute atomic E-state index is 11.8. The van der Waals surface area contributed by atoms with E-state index >= 15 is 0 Å². The van der Waals surface area contributed by atoms with E-state index in [0.29, 0.717) is 21.3 Å². The molecule has 0 aliphatic rings. The van der Waals surface area contributed by atoms with Crippen LogP contribution >= 0.6 is 23.2 Å². The van der Waals surface area contributed by atoms with Gasteiger partial charge in [-0.25, -0.2) is 5.43 Å². The Labute approximate surface area is 149 Å². The van der Waals surface area contributed by atoms with Crippen LogP contribution in [0.1, 0.15) is 16.7 Å². The van der Waals surface area contributed by atoms with Gasteiger partial charge in [0.15, 0.2) is 0 Å². The van der Waals surface area contributed by atoms with E-state index < -0.39 is 11.8 Å². The molecule has 0 saturated carbocycles. The summed E-state index contributed by atoms with van der Waals surface area (Å²) in [7, 11) is 0. The maximum Gasteiger partial charge on any atom is 0.329 e. The number of carbonyl (C=O) groups excluding carboxylic acids is 2. The fourth-order valence-corrected chi connectivity index (χ4v) is 2.28. The second-order valence-electron chi connectivity index (χ2n) is 5.12. The van der Waals surface area contributed by atoms with E-state index in [2.05, 4.69) is 15.8 Å². The second kappa shape index (κ2) is 7.95. The Kier molecular flexibility index (Phi) is 5.95. The van der Waals surface area contributed by atoms with Crippen LogP contribution in [-0.2, 0) is 9.59 Å². The van der Waals surface area contributed by atoms with Crippen LogP contribution in [0.5, 0.6) is 0 Å². The number of halogens is 2. The van der Waals surface area contributed by atoms with E-state index in [-0.39, 0.29) is 0 Å². The van der Waals surface area contributed by atoms with Crippen molar-refractivity contribution in [2.75, 3.05) is 5.32 Å². The number of nitrogens with zero attached hydrogens (tertiary/aromatic N) is 1. The molecular weight excluding hydrogens is 349 g/mol. The standard InChI is InChI=1S/C17H15Cl2N3O2/c1-10-3-6-14(7-11(10)2)21-16(23)17(24)22-20-9-12-4-5-13(18)8-15(12)19/h3-9H,1-2H3,(H,21,23)(H,22,24). The second-order valence-corrected chi connectivity index (χ2v) is 5.96. The van der Waals surface area contributed by atoms with Crippen molar-refractivity contribution in [3.05, 3.63) is 63.1 Å². The van der Waals surface area contributed by atoms with Crippen LogP contribution in [0.25, 0.3) is 0 Å². The van der Waals surface area contributed by atoms with Crippen LogP contribution in [0.15, 0.2) is 41.5 Å². The van der Waals surface area contributed by atoms with Crippen LogP contribution in [0.2, 0.25) is 10.0 Å². The van der Waals surface area contributed by atoms with Gasteiger partial charge in [-0.3, -0.25) is 9.59 Å². The van der Waals surface area contributed by atoms with Crippen LogP contribution in [-0.4, -0.2) is 18.0 Å². The summed E-state index contributed by atoms with van der Waals surface area (Å²) in [4.78, 5) is 23.6. The lowest BCUT2D eigenvalue weighted by molar-refractivity contribution is -0.136. The summed E-state index contributed by atoms with van der Waals surface area (Å²) in [5.41, 5.74) is 5.37. The molecule has 2 rings (SSSR count). The number of aryl methyl sites for hydroxylation is 2. The number of carbonyl (C=O) groups is 2. The van der Waals surface area contributed by atoms with Crippen molar-refractivity contribution in [1.82, 2.24) is 5.43 Å². The van der Waals surface area contributed by atoms with Crippen molar-refractivity contribution >= 4 is 46.9 Å². The highest BCUT2D eigenvalue weighted by atomic mass is 35.5. The van der Waals surface area contributed by atoms with Crippen LogP contribution in [0, 0.1) is 13.8 Å². The lowest BCUT2D eigenvalue weighted by Crippen LogP contribution is -2.32. The van der Waals surface area contributed by atoms with E-state index in [1.165, 1.54) is 6.21 Å². The fraction of sp³-hybridized carbons (Fsp3) is 0.118. The molecule has 24 heavy (non-hydrogen) atoms. The highest BCUT2D eigenvalue weighted by Gasteiger charge is 2.13. The molecule has 124 valence electrons. The summed E-state index contributed by atoms with van der Waals surface area (Å²) < 4.78 is 0. The van der Waals surface area contributed by atoms with Gasteiger partial charge in [0.2, 0.25) is 0 Å². The predicted octanol–water partition coefficient (Wildman–Crippen LogP) is 3.70. The van der Waals surface area contributed by atoms with E-state index in [1.807, 2.05) is 19.9 Å². The molecule has 2 amide bonds. The largest absolute Gasteiger partial charge is 0.329 e. The van der Waals surface area contributed by atoms with Gasteiger partial charge >= 0.3 is 11.8 Å². The summed E-state index contributed by atoms with van der Waals surface area (Å²) in [6, 6.07) is 10.2. The normalized spacial score (nSPS) is 10.7. The first-order chi connectivity index (χ1) is 11.4. The molecule has 2 N–H and O–H groups in total. The van der Waals surface area contributed by atoms with Gasteiger partial charge in [0.25, 0.3) is 0 Å². The van der Waals surface area contributed by atoms with Gasteiger partial charge in [0.05, 0.1) is 11.2 Å². The zero-order valence-electron chi connectivity index (χ0n) is 13.1. The van der Waals surface area contributed by atoms with E-state index in [9.17, 15) is 9.59 Å². The smallest absolute Gasteiger partial charge is 0.318 e. The summed E-state index contributed by atoms with van der Waals surface area (Å²) >= 11 is 11.8. The van der Waals surface area contributed by atoms with Gasteiger partial charge in [0.1, 0.15) is 0 Å². The lowest BCUT2D eigenvalue weighted by Gasteiger charge is -2.06. The highest BCUT2D eigenvalue weighted by molar-refractivity contribution is 6.39. The van der Waals surface area contributed by atoms with Crippen molar-refractivity contribution in [2.45, 2.75) is 13.8 Å². The first-order valence-electron chi connectivity index (χ1n) is 7.03. The Morgan fingerprint density at radius 2 is 1.75 bits per heavy atom. The number of hydrazone groups is 1. The number of amides is 2. The minimum absolute atomic E-state index is 0.389. The molecule has 0 heterocycles. The van der Waals surface area contributed by atoms with E-state index in [4.69, 9.17) is 23.2 Å². The minimum atomic E-state index is -0.880. The molecular formula is C17H15Cl2N3O2.